The fourth-order valence-corrected chi connectivity index (χ4v) is 3.80. The maximum absolute atomic E-state index is 4.85. The van der Waals surface area contributed by atoms with E-state index in [0.717, 1.165) is 45.9 Å². The molecule has 1 aliphatic rings. The second-order valence-electron chi connectivity index (χ2n) is 6.90. The molecule has 1 unspecified atom stereocenters. The van der Waals surface area contributed by atoms with Crippen LogP contribution in [0.5, 0.6) is 0 Å². The number of pyridine rings is 1. The Morgan fingerprint density at radius 3 is 3.00 bits per heavy atom. The van der Waals surface area contributed by atoms with Crippen molar-refractivity contribution in [2.45, 2.75) is 12.5 Å². The summed E-state index contributed by atoms with van der Waals surface area (Å²) in [5.41, 5.74) is 7.08. The lowest BCUT2D eigenvalue weighted by Gasteiger charge is -2.09. The Morgan fingerprint density at radius 1 is 1.04 bits per heavy atom. The third kappa shape index (κ3) is 2.30. The quantitative estimate of drug-likeness (QED) is 0.444. The number of anilines is 1. The van der Waals surface area contributed by atoms with Gasteiger partial charge >= 0.3 is 0 Å². The highest BCUT2D eigenvalue weighted by molar-refractivity contribution is 5.87. The number of benzene rings is 1. The smallest absolute Gasteiger partial charge is 0.156 e. The fourth-order valence-electron chi connectivity index (χ4n) is 3.80. The molecule has 0 saturated carbocycles. The van der Waals surface area contributed by atoms with Crippen molar-refractivity contribution in [1.82, 2.24) is 24.9 Å². The molecule has 0 fully saturated rings. The van der Waals surface area contributed by atoms with Crippen LogP contribution in [0.1, 0.15) is 17.3 Å². The molecule has 5 heterocycles. The Bertz CT molecular complexity index is 1270. The lowest BCUT2D eigenvalue weighted by molar-refractivity contribution is 0.787. The summed E-state index contributed by atoms with van der Waals surface area (Å²) in [6, 6.07) is 14.7. The average molecular weight is 352 g/mol. The highest BCUT2D eigenvalue weighted by Crippen LogP contribution is 2.32. The van der Waals surface area contributed by atoms with Crippen LogP contribution in [-0.2, 0) is 6.42 Å². The summed E-state index contributed by atoms with van der Waals surface area (Å²) in [7, 11) is 0. The molecule has 0 amide bonds. The second kappa shape index (κ2) is 5.41. The maximum atomic E-state index is 4.85. The summed E-state index contributed by atoms with van der Waals surface area (Å²) in [5, 5.41) is 4.65. The lowest BCUT2D eigenvalue weighted by Crippen LogP contribution is -2.08. The van der Waals surface area contributed by atoms with E-state index in [1.807, 2.05) is 24.7 Å². The molecule has 5 aromatic rings. The van der Waals surface area contributed by atoms with Crippen LogP contribution < -0.4 is 5.32 Å². The topological polar surface area (TPSA) is 82.3 Å². The van der Waals surface area contributed by atoms with Crippen LogP contribution in [0.4, 0.5) is 5.82 Å². The van der Waals surface area contributed by atoms with Crippen molar-refractivity contribution in [3.8, 4) is 11.3 Å². The Hall–Kier alpha value is -3.67. The van der Waals surface area contributed by atoms with E-state index in [0.29, 0.717) is 0 Å². The third-order valence-corrected chi connectivity index (χ3v) is 5.20. The number of nitrogens with one attached hydrogen (secondary N) is 3. The first-order valence-electron chi connectivity index (χ1n) is 8.97. The molecule has 6 nitrogen and oxygen atoms in total. The number of nitrogens with zero attached hydrogens (tertiary/aromatic N) is 3. The van der Waals surface area contributed by atoms with E-state index >= 15 is 0 Å². The normalized spacial score (nSPS) is 15.9. The van der Waals surface area contributed by atoms with E-state index in [-0.39, 0.29) is 6.04 Å². The minimum atomic E-state index is 0.111. The Morgan fingerprint density at radius 2 is 2.04 bits per heavy atom. The van der Waals surface area contributed by atoms with Gasteiger partial charge in [0.1, 0.15) is 11.3 Å². The Kier molecular flexibility index (Phi) is 2.90. The SMILES string of the molecule is c1cnc2c(c1)CC(c1cnc3[nH]c(-c4ccc5cc[nH]c5c4)cc3n1)N2. The molecule has 6 heteroatoms. The number of H-pyrrole nitrogens is 2. The Labute approximate surface area is 154 Å². The zero-order valence-electron chi connectivity index (χ0n) is 14.4. The van der Waals surface area contributed by atoms with E-state index in [4.69, 9.17) is 4.98 Å². The van der Waals surface area contributed by atoms with E-state index in [1.165, 1.54) is 10.9 Å². The zero-order chi connectivity index (χ0) is 17.8. The van der Waals surface area contributed by atoms with Gasteiger partial charge in [-0.05, 0) is 35.2 Å². The molecule has 6 rings (SSSR count). The first-order valence-corrected chi connectivity index (χ1v) is 8.97. The summed E-state index contributed by atoms with van der Waals surface area (Å²) >= 11 is 0. The van der Waals surface area contributed by atoms with Crippen molar-refractivity contribution in [3.05, 3.63) is 72.3 Å². The standard InChI is InChI=1S/C21H16N6/c1-2-14-9-17(27-20(14)23-6-1)19-11-24-21-18(25-19)10-16(26-21)13-4-3-12-5-7-22-15(12)8-13/h1-8,10-11,17,22H,9H2,(H,23,27)(H,24,26). The summed E-state index contributed by atoms with van der Waals surface area (Å²) in [6.45, 7) is 0. The van der Waals surface area contributed by atoms with Gasteiger partial charge in [-0.2, -0.15) is 0 Å². The van der Waals surface area contributed by atoms with Crippen LogP contribution >= 0.6 is 0 Å². The molecule has 4 aromatic heterocycles. The molecule has 1 atom stereocenters. The van der Waals surface area contributed by atoms with Crippen molar-refractivity contribution in [3.63, 3.8) is 0 Å². The molecule has 3 N–H and O–H groups in total. The largest absolute Gasteiger partial charge is 0.361 e. The minimum Gasteiger partial charge on any atom is -0.361 e. The number of hydrogen-bond donors (Lipinski definition) is 3. The van der Waals surface area contributed by atoms with Crippen LogP contribution in [0.25, 0.3) is 33.3 Å². The van der Waals surface area contributed by atoms with Crippen LogP contribution in [0.2, 0.25) is 0 Å². The van der Waals surface area contributed by atoms with Gasteiger partial charge in [0.2, 0.25) is 0 Å². The van der Waals surface area contributed by atoms with E-state index in [9.17, 15) is 0 Å². The van der Waals surface area contributed by atoms with Crippen molar-refractivity contribution in [1.29, 1.82) is 0 Å². The van der Waals surface area contributed by atoms with Crippen LogP contribution in [0, 0.1) is 0 Å². The number of hydrogen-bond acceptors (Lipinski definition) is 4. The first kappa shape index (κ1) is 14.5. The predicted molar refractivity (Wildman–Crippen MR) is 105 cm³/mol. The summed E-state index contributed by atoms with van der Waals surface area (Å²) in [4.78, 5) is 20.5. The predicted octanol–water partition coefficient (Wildman–Crippen LogP) is 4.21. The number of fused-ring (bicyclic) bond motifs is 3. The molecule has 0 radical (unpaired) electrons. The van der Waals surface area contributed by atoms with Crippen molar-refractivity contribution in [2.24, 2.45) is 0 Å². The zero-order valence-corrected chi connectivity index (χ0v) is 14.4. The van der Waals surface area contributed by atoms with Gasteiger partial charge in [-0.25, -0.2) is 15.0 Å². The van der Waals surface area contributed by atoms with E-state index in [2.05, 4.69) is 61.7 Å². The average Bonchev–Trinajstić information content (AvgIpc) is 3.42. The third-order valence-electron chi connectivity index (χ3n) is 5.20. The lowest BCUT2D eigenvalue weighted by atomic mass is 10.1. The fraction of sp³-hybridized carbons (Fsp3) is 0.0952. The molecule has 27 heavy (non-hydrogen) atoms. The van der Waals surface area contributed by atoms with E-state index < -0.39 is 0 Å². The van der Waals surface area contributed by atoms with Crippen molar-refractivity contribution in [2.75, 3.05) is 5.32 Å². The Balaban J connectivity index is 1.37. The first-order chi connectivity index (χ1) is 13.3. The van der Waals surface area contributed by atoms with Gasteiger partial charge in [-0.3, -0.25) is 0 Å². The summed E-state index contributed by atoms with van der Waals surface area (Å²) in [6.07, 6.45) is 6.49. The maximum Gasteiger partial charge on any atom is 0.156 e. The molecular formula is C21H16N6. The molecule has 1 aliphatic heterocycles. The number of aromatic amines is 2. The molecule has 0 spiro atoms. The summed E-state index contributed by atoms with van der Waals surface area (Å²) < 4.78 is 0. The number of rotatable bonds is 2. The van der Waals surface area contributed by atoms with Gasteiger partial charge in [0.05, 0.1) is 17.9 Å². The van der Waals surface area contributed by atoms with Gasteiger partial charge in [0.15, 0.2) is 5.65 Å². The molecule has 1 aromatic carbocycles. The van der Waals surface area contributed by atoms with Crippen molar-refractivity contribution < 1.29 is 0 Å². The molecule has 0 aliphatic carbocycles. The van der Waals surface area contributed by atoms with Gasteiger partial charge in [-0.15, -0.1) is 0 Å². The monoisotopic (exact) mass is 352 g/mol. The van der Waals surface area contributed by atoms with Crippen LogP contribution in [-0.4, -0.2) is 24.9 Å². The van der Waals surface area contributed by atoms with Crippen LogP contribution in [0.15, 0.2) is 61.1 Å². The van der Waals surface area contributed by atoms with Gasteiger partial charge in [0, 0.05) is 35.6 Å². The highest BCUT2D eigenvalue weighted by atomic mass is 15.1. The number of aromatic nitrogens is 5. The van der Waals surface area contributed by atoms with Crippen molar-refractivity contribution >= 4 is 27.9 Å². The van der Waals surface area contributed by atoms with Crippen LogP contribution in [0.3, 0.4) is 0 Å². The highest BCUT2D eigenvalue weighted by Gasteiger charge is 2.24. The summed E-state index contributed by atoms with van der Waals surface area (Å²) in [5.74, 6) is 0.943. The van der Waals surface area contributed by atoms with Gasteiger partial charge < -0.3 is 15.3 Å². The molecule has 130 valence electrons. The van der Waals surface area contributed by atoms with Gasteiger partial charge in [-0.1, -0.05) is 18.2 Å². The van der Waals surface area contributed by atoms with Gasteiger partial charge in [0.25, 0.3) is 0 Å². The molecule has 0 saturated heterocycles. The molecule has 0 bridgehead atoms. The molecular weight excluding hydrogens is 336 g/mol. The minimum absolute atomic E-state index is 0.111. The second-order valence-corrected chi connectivity index (χ2v) is 6.90. The van der Waals surface area contributed by atoms with E-state index in [1.54, 1.807) is 0 Å².